The van der Waals surface area contributed by atoms with Gasteiger partial charge in [-0.05, 0) is 35.9 Å². The molecule has 0 aromatic heterocycles. The van der Waals surface area contributed by atoms with Gasteiger partial charge in [0, 0.05) is 12.1 Å². The molecule has 1 amide bonds. The summed E-state index contributed by atoms with van der Waals surface area (Å²) < 4.78 is 5.69. The lowest BCUT2D eigenvalue weighted by Gasteiger charge is -2.15. The lowest BCUT2D eigenvalue weighted by atomic mass is 10.1. The van der Waals surface area contributed by atoms with Crippen molar-refractivity contribution in [3.63, 3.8) is 0 Å². The van der Waals surface area contributed by atoms with Crippen molar-refractivity contribution in [3.8, 4) is 5.75 Å². The highest BCUT2D eigenvalue weighted by molar-refractivity contribution is 6.33. The van der Waals surface area contributed by atoms with E-state index in [1.807, 2.05) is 36.4 Å². The first-order valence-corrected chi connectivity index (χ1v) is 8.22. The van der Waals surface area contributed by atoms with Crippen LogP contribution in [0.25, 0.3) is 10.8 Å². The summed E-state index contributed by atoms with van der Waals surface area (Å²) in [4.78, 5) is 22.7. The highest BCUT2D eigenvalue weighted by atomic mass is 35.5. The minimum absolute atomic E-state index is 0.159. The second-order valence-electron chi connectivity index (χ2n) is 5.68. The summed E-state index contributed by atoms with van der Waals surface area (Å²) in [5.74, 6) is 0.0945. The number of fused-ring (bicyclic) bond motifs is 1. The van der Waals surface area contributed by atoms with Gasteiger partial charge in [0.2, 0.25) is 0 Å². The van der Waals surface area contributed by atoms with Crippen molar-refractivity contribution in [1.29, 1.82) is 0 Å². The maximum absolute atomic E-state index is 12.3. The number of nitrogens with zero attached hydrogens (tertiary/aromatic N) is 1. The molecule has 0 aliphatic rings. The normalized spacial score (nSPS) is 11.8. The number of amides is 1. The quantitative estimate of drug-likeness (QED) is 0.516. The van der Waals surface area contributed by atoms with Crippen molar-refractivity contribution in [2.75, 3.05) is 5.32 Å². The summed E-state index contributed by atoms with van der Waals surface area (Å²) in [5.41, 5.74) is 0.00706. The predicted octanol–water partition coefficient (Wildman–Crippen LogP) is 4.81. The molecular weight excluding hydrogens is 356 g/mol. The average Bonchev–Trinajstić information content (AvgIpc) is 2.63. The molecule has 0 fully saturated rings. The van der Waals surface area contributed by atoms with Crippen LogP contribution in [-0.2, 0) is 4.79 Å². The van der Waals surface area contributed by atoms with E-state index in [0.717, 1.165) is 10.8 Å². The third kappa shape index (κ3) is 3.92. The summed E-state index contributed by atoms with van der Waals surface area (Å²) in [5, 5.41) is 15.7. The Morgan fingerprint density at radius 2 is 1.85 bits per heavy atom. The van der Waals surface area contributed by atoms with Crippen molar-refractivity contribution in [2.45, 2.75) is 13.0 Å². The highest BCUT2D eigenvalue weighted by Gasteiger charge is 2.18. The summed E-state index contributed by atoms with van der Waals surface area (Å²) in [6, 6.07) is 17.2. The van der Waals surface area contributed by atoms with E-state index in [0.29, 0.717) is 5.75 Å². The van der Waals surface area contributed by atoms with E-state index in [9.17, 15) is 14.9 Å². The van der Waals surface area contributed by atoms with Crippen LogP contribution in [0.5, 0.6) is 5.75 Å². The highest BCUT2D eigenvalue weighted by Crippen LogP contribution is 2.27. The van der Waals surface area contributed by atoms with Gasteiger partial charge in [0.15, 0.2) is 6.10 Å². The number of ether oxygens (including phenoxy) is 1. The average molecular weight is 371 g/mol. The van der Waals surface area contributed by atoms with Gasteiger partial charge in [-0.3, -0.25) is 14.9 Å². The summed E-state index contributed by atoms with van der Waals surface area (Å²) in [6.45, 7) is 1.59. The summed E-state index contributed by atoms with van der Waals surface area (Å²) >= 11 is 6.00. The van der Waals surface area contributed by atoms with E-state index < -0.39 is 16.9 Å². The van der Waals surface area contributed by atoms with Crippen LogP contribution in [0.3, 0.4) is 0 Å². The van der Waals surface area contributed by atoms with E-state index in [4.69, 9.17) is 16.3 Å². The Morgan fingerprint density at radius 1 is 1.12 bits per heavy atom. The minimum atomic E-state index is -0.813. The third-order valence-corrected chi connectivity index (χ3v) is 4.15. The number of non-ortho nitro benzene ring substituents is 1. The maximum Gasteiger partial charge on any atom is 0.271 e. The molecule has 0 heterocycles. The molecule has 26 heavy (non-hydrogen) atoms. The Bertz CT molecular complexity index is 990. The van der Waals surface area contributed by atoms with Crippen LogP contribution >= 0.6 is 11.6 Å². The van der Waals surface area contributed by atoms with E-state index in [-0.39, 0.29) is 16.4 Å². The molecular formula is C19H15ClN2O4. The van der Waals surface area contributed by atoms with Gasteiger partial charge in [0.1, 0.15) is 5.75 Å². The topological polar surface area (TPSA) is 81.5 Å². The number of halogens is 1. The Labute approximate surface area is 154 Å². The summed E-state index contributed by atoms with van der Waals surface area (Å²) in [6.07, 6.45) is -0.813. The van der Waals surface area contributed by atoms with Gasteiger partial charge >= 0.3 is 0 Å². The number of carbonyl (C=O) groups excluding carboxylic acids is 1. The monoisotopic (exact) mass is 370 g/mol. The van der Waals surface area contributed by atoms with Crippen LogP contribution in [0.4, 0.5) is 11.4 Å². The number of anilines is 1. The molecule has 0 bridgehead atoms. The Morgan fingerprint density at radius 3 is 2.58 bits per heavy atom. The molecule has 7 heteroatoms. The molecule has 0 unspecified atom stereocenters. The third-order valence-electron chi connectivity index (χ3n) is 3.82. The number of hydrogen-bond acceptors (Lipinski definition) is 4. The largest absolute Gasteiger partial charge is 0.481 e. The maximum atomic E-state index is 12.3. The van der Waals surface area contributed by atoms with Crippen molar-refractivity contribution < 1.29 is 14.5 Å². The predicted molar refractivity (Wildman–Crippen MR) is 101 cm³/mol. The molecule has 3 aromatic rings. The van der Waals surface area contributed by atoms with Gasteiger partial charge in [0.25, 0.3) is 11.6 Å². The molecule has 1 atom stereocenters. The number of nitro groups is 1. The number of hydrogen-bond donors (Lipinski definition) is 1. The van der Waals surface area contributed by atoms with Gasteiger partial charge in [-0.2, -0.15) is 0 Å². The number of carbonyl (C=O) groups is 1. The molecule has 132 valence electrons. The van der Waals surface area contributed by atoms with Gasteiger partial charge in [-0.1, -0.05) is 41.9 Å². The Hall–Kier alpha value is -3.12. The van der Waals surface area contributed by atoms with Crippen molar-refractivity contribution in [2.24, 2.45) is 0 Å². The lowest BCUT2D eigenvalue weighted by molar-refractivity contribution is -0.384. The Balaban J connectivity index is 1.73. The standard InChI is InChI=1S/C19H15ClN2O4/c1-12(26-16-8-6-13-4-2-3-5-14(13)10-16)19(23)21-18-11-15(22(24)25)7-9-17(18)20/h2-12H,1H3,(H,21,23)/t12-/m1/s1. The molecule has 1 N–H and O–H groups in total. The van der Waals surface area contributed by atoms with E-state index >= 15 is 0 Å². The first-order valence-electron chi connectivity index (χ1n) is 7.84. The molecule has 0 saturated carbocycles. The van der Waals surface area contributed by atoms with Crippen molar-refractivity contribution in [1.82, 2.24) is 0 Å². The first-order chi connectivity index (χ1) is 12.4. The molecule has 0 saturated heterocycles. The molecule has 0 radical (unpaired) electrons. The Kier molecular flexibility index (Phi) is 5.04. The van der Waals surface area contributed by atoms with Crippen LogP contribution in [0, 0.1) is 10.1 Å². The zero-order valence-corrected chi connectivity index (χ0v) is 14.6. The molecule has 3 rings (SSSR count). The van der Waals surface area contributed by atoms with E-state index in [1.54, 1.807) is 13.0 Å². The number of nitro benzene ring substituents is 1. The molecule has 0 spiro atoms. The SMILES string of the molecule is C[C@@H](Oc1ccc2ccccc2c1)C(=O)Nc1cc([N+](=O)[O-])ccc1Cl. The summed E-state index contributed by atoms with van der Waals surface area (Å²) in [7, 11) is 0. The van der Waals surface area contributed by atoms with E-state index in [1.165, 1.54) is 18.2 Å². The van der Waals surface area contributed by atoms with Gasteiger partial charge in [0.05, 0.1) is 15.6 Å². The minimum Gasteiger partial charge on any atom is -0.481 e. The van der Waals surface area contributed by atoms with Crippen LogP contribution in [0.2, 0.25) is 5.02 Å². The number of rotatable bonds is 5. The van der Waals surface area contributed by atoms with Crippen LogP contribution < -0.4 is 10.1 Å². The number of benzene rings is 3. The zero-order valence-electron chi connectivity index (χ0n) is 13.8. The smallest absolute Gasteiger partial charge is 0.271 e. The molecule has 3 aromatic carbocycles. The molecule has 6 nitrogen and oxygen atoms in total. The van der Waals surface area contributed by atoms with Gasteiger partial charge in [-0.15, -0.1) is 0 Å². The number of nitrogens with one attached hydrogen (secondary N) is 1. The van der Waals surface area contributed by atoms with Gasteiger partial charge in [-0.25, -0.2) is 0 Å². The van der Waals surface area contributed by atoms with Crippen LogP contribution in [-0.4, -0.2) is 16.9 Å². The van der Waals surface area contributed by atoms with Crippen molar-refractivity contribution in [3.05, 3.63) is 75.8 Å². The second kappa shape index (κ2) is 7.41. The van der Waals surface area contributed by atoms with E-state index in [2.05, 4.69) is 5.32 Å². The fraction of sp³-hybridized carbons (Fsp3) is 0.105. The first kappa shape index (κ1) is 17.7. The van der Waals surface area contributed by atoms with Crippen LogP contribution in [0.15, 0.2) is 60.7 Å². The molecule has 0 aliphatic carbocycles. The van der Waals surface area contributed by atoms with Gasteiger partial charge < -0.3 is 10.1 Å². The fourth-order valence-corrected chi connectivity index (χ4v) is 2.62. The lowest BCUT2D eigenvalue weighted by Crippen LogP contribution is -2.30. The van der Waals surface area contributed by atoms with Crippen molar-refractivity contribution >= 4 is 39.7 Å². The second-order valence-corrected chi connectivity index (χ2v) is 6.09. The molecule has 0 aliphatic heterocycles. The zero-order chi connectivity index (χ0) is 18.7. The van der Waals surface area contributed by atoms with Crippen LogP contribution in [0.1, 0.15) is 6.92 Å². The fourth-order valence-electron chi connectivity index (χ4n) is 2.46.